The van der Waals surface area contributed by atoms with Crippen LogP contribution in [-0.2, 0) is 9.84 Å². The molecule has 0 amide bonds. The zero-order valence-electron chi connectivity index (χ0n) is 12.6. The second-order valence-electron chi connectivity index (χ2n) is 5.45. The SMILES string of the molecule is CS(=O)(=O)c1cccc(-c2nc3c4ccccc4[nH]c(=O)n3n2)c1. The number of sulfone groups is 1. The molecule has 0 saturated heterocycles. The van der Waals surface area contributed by atoms with Gasteiger partial charge in [-0.15, -0.1) is 5.10 Å². The number of H-pyrrole nitrogens is 1. The molecule has 4 rings (SSSR count). The molecule has 0 fully saturated rings. The van der Waals surface area contributed by atoms with Crippen molar-refractivity contribution < 1.29 is 8.42 Å². The zero-order chi connectivity index (χ0) is 16.9. The van der Waals surface area contributed by atoms with Crippen molar-refractivity contribution in [3.63, 3.8) is 0 Å². The fraction of sp³-hybridized carbons (Fsp3) is 0.0625. The third-order valence-corrected chi connectivity index (χ3v) is 4.84. The highest BCUT2D eigenvalue weighted by Crippen LogP contribution is 2.22. The van der Waals surface area contributed by atoms with Gasteiger partial charge in [-0.05, 0) is 24.3 Å². The summed E-state index contributed by atoms with van der Waals surface area (Å²) in [5.41, 5.74) is 1.22. The second kappa shape index (κ2) is 5.00. The minimum Gasteiger partial charge on any atom is -0.305 e. The number of hydrogen-bond donors (Lipinski definition) is 1. The number of rotatable bonds is 2. The summed E-state index contributed by atoms with van der Waals surface area (Å²) in [7, 11) is -3.34. The Morgan fingerprint density at radius 2 is 1.88 bits per heavy atom. The number of nitrogens with zero attached hydrogens (tertiary/aromatic N) is 3. The summed E-state index contributed by atoms with van der Waals surface area (Å²) in [5.74, 6) is 0.294. The van der Waals surface area contributed by atoms with Crippen LogP contribution in [0.15, 0.2) is 58.2 Å². The fourth-order valence-electron chi connectivity index (χ4n) is 2.57. The summed E-state index contributed by atoms with van der Waals surface area (Å²) >= 11 is 0. The normalized spacial score (nSPS) is 12.0. The summed E-state index contributed by atoms with van der Waals surface area (Å²) in [6, 6.07) is 13.6. The van der Waals surface area contributed by atoms with Crippen molar-refractivity contribution >= 4 is 26.4 Å². The number of hydrogen-bond acceptors (Lipinski definition) is 5. The highest BCUT2D eigenvalue weighted by molar-refractivity contribution is 7.90. The molecule has 0 aliphatic heterocycles. The molecule has 0 bridgehead atoms. The Morgan fingerprint density at radius 3 is 2.67 bits per heavy atom. The maximum atomic E-state index is 12.2. The lowest BCUT2D eigenvalue weighted by molar-refractivity contribution is 0.602. The predicted molar refractivity (Wildman–Crippen MR) is 89.7 cm³/mol. The van der Waals surface area contributed by atoms with Crippen molar-refractivity contribution in [1.82, 2.24) is 19.6 Å². The average molecular weight is 340 g/mol. The third-order valence-electron chi connectivity index (χ3n) is 3.73. The first kappa shape index (κ1) is 14.6. The van der Waals surface area contributed by atoms with Crippen molar-refractivity contribution in [2.75, 3.05) is 6.26 Å². The Kier molecular flexibility index (Phi) is 3.04. The van der Waals surface area contributed by atoms with Crippen molar-refractivity contribution in [3.8, 4) is 11.4 Å². The highest BCUT2D eigenvalue weighted by atomic mass is 32.2. The quantitative estimate of drug-likeness (QED) is 0.598. The van der Waals surface area contributed by atoms with Crippen LogP contribution < -0.4 is 5.69 Å². The second-order valence-corrected chi connectivity index (χ2v) is 7.46. The molecule has 120 valence electrons. The van der Waals surface area contributed by atoms with Gasteiger partial charge in [0.1, 0.15) is 0 Å². The smallest absolute Gasteiger partial charge is 0.305 e. The molecule has 0 aliphatic carbocycles. The first-order chi connectivity index (χ1) is 11.4. The lowest BCUT2D eigenvalue weighted by atomic mass is 10.2. The van der Waals surface area contributed by atoms with E-state index in [1.165, 1.54) is 16.6 Å². The minimum atomic E-state index is -3.34. The largest absolute Gasteiger partial charge is 0.348 e. The lowest BCUT2D eigenvalue weighted by Gasteiger charge is -1.99. The number of nitrogens with one attached hydrogen (secondary N) is 1. The molecule has 2 aromatic carbocycles. The van der Waals surface area contributed by atoms with E-state index in [0.717, 1.165) is 11.6 Å². The van der Waals surface area contributed by atoms with Gasteiger partial charge in [0.25, 0.3) is 0 Å². The standard InChI is InChI=1S/C16H12N4O3S/c1-24(22,23)11-6-4-5-10(9-11)14-18-15-12-7-2-3-8-13(12)17-16(21)20(15)19-14/h2-9H,1H3,(H,17,21). The summed E-state index contributed by atoms with van der Waals surface area (Å²) in [6.07, 6.45) is 1.14. The summed E-state index contributed by atoms with van der Waals surface area (Å²) < 4.78 is 24.6. The van der Waals surface area contributed by atoms with Crippen LogP contribution in [0.25, 0.3) is 27.9 Å². The topological polar surface area (TPSA) is 97.2 Å². The van der Waals surface area contributed by atoms with Crippen LogP contribution >= 0.6 is 0 Å². The van der Waals surface area contributed by atoms with Crippen molar-refractivity contribution in [2.45, 2.75) is 4.90 Å². The van der Waals surface area contributed by atoms with Gasteiger partial charge in [0.2, 0.25) is 0 Å². The molecule has 1 N–H and O–H groups in total. The van der Waals surface area contributed by atoms with Crippen molar-refractivity contribution in [1.29, 1.82) is 0 Å². The summed E-state index contributed by atoms with van der Waals surface area (Å²) in [5, 5.41) is 4.98. The predicted octanol–water partition coefficient (Wildman–Crippen LogP) is 1.64. The molecular formula is C16H12N4O3S. The number of fused-ring (bicyclic) bond motifs is 3. The average Bonchev–Trinajstić information content (AvgIpc) is 3.01. The molecule has 0 atom stereocenters. The van der Waals surface area contributed by atoms with E-state index in [2.05, 4.69) is 15.1 Å². The maximum absolute atomic E-state index is 12.2. The summed E-state index contributed by atoms with van der Waals surface area (Å²) in [4.78, 5) is 19.5. The molecule has 2 heterocycles. The molecule has 7 nitrogen and oxygen atoms in total. The Hall–Kier alpha value is -3.00. The van der Waals surface area contributed by atoms with Gasteiger partial charge in [-0.1, -0.05) is 24.3 Å². The van der Waals surface area contributed by atoms with Gasteiger partial charge in [0.05, 0.1) is 10.4 Å². The van der Waals surface area contributed by atoms with Gasteiger partial charge < -0.3 is 4.98 Å². The molecule has 2 aromatic heterocycles. The van der Waals surface area contributed by atoms with Crippen molar-refractivity contribution in [3.05, 3.63) is 59.0 Å². The third kappa shape index (κ3) is 2.28. The van der Waals surface area contributed by atoms with Crippen LogP contribution in [0.4, 0.5) is 0 Å². The van der Waals surface area contributed by atoms with Gasteiger partial charge in [0, 0.05) is 17.2 Å². The van der Waals surface area contributed by atoms with E-state index in [-0.39, 0.29) is 4.90 Å². The molecule has 4 aromatic rings. The highest BCUT2D eigenvalue weighted by Gasteiger charge is 2.14. The van der Waals surface area contributed by atoms with Crippen LogP contribution in [-0.4, -0.2) is 34.3 Å². The Balaban J connectivity index is 2.01. The van der Waals surface area contributed by atoms with E-state index >= 15 is 0 Å². The molecule has 0 aliphatic rings. The first-order valence-electron chi connectivity index (χ1n) is 7.12. The van der Waals surface area contributed by atoms with Crippen LogP contribution in [0, 0.1) is 0 Å². The molecule has 0 unspecified atom stereocenters. The van der Waals surface area contributed by atoms with Crippen LogP contribution in [0.1, 0.15) is 0 Å². The summed E-state index contributed by atoms with van der Waals surface area (Å²) in [6.45, 7) is 0. The van der Waals surface area contributed by atoms with Gasteiger partial charge in [-0.2, -0.15) is 4.52 Å². The van der Waals surface area contributed by atoms with Crippen LogP contribution in [0.3, 0.4) is 0 Å². The number of benzene rings is 2. The minimum absolute atomic E-state index is 0.178. The molecule has 0 spiro atoms. The van der Waals surface area contributed by atoms with E-state index in [4.69, 9.17) is 0 Å². The Bertz CT molecular complexity index is 1260. The van der Waals surface area contributed by atoms with E-state index in [9.17, 15) is 13.2 Å². The van der Waals surface area contributed by atoms with E-state index in [0.29, 0.717) is 22.6 Å². The maximum Gasteiger partial charge on any atom is 0.348 e. The van der Waals surface area contributed by atoms with E-state index in [1.807, 2.05) is 18.2 Å². The van der Waals surface area contributed by atoms with Gasteiger partial charge in [0.15, 0.2) is 21.3 Å². The Labute approximate surface area is 136 Å². The molecule has 8 heteroatoms. The van der Waals surface area contributed by atoms with E-state index in [1.54, 1.807) is 18.2 Å². The first-order valence-corrected chi connectivity index (χ1v) is 9.01. The number of aromatic amines is 1. The fourth-order valence-corrected chi connectivity index (χ4v) is 3.24. The number of para-hydroxylation sites is 1. The van der Waals surface area contributed by atoms with E-state index < -0.39 is 15.5 Å². The van der Waals surface area contributed by atoms with Gasteiger partial charge >= 0.3 is 5.69 Å². The molecule has 0 saturated carbocycles. The number of aromatic nitrogens is 4. The van der Waals surface area contributed by atoms with Crippen LogP contribution in [0.2, 0.25) is 0 Å². The van der Waals surface area contributed by atoms with Crippen LogP contribution in [0.5, 0.6) is 0 Å². The zero-order valence-corrected chi connectivity index (χ0v) is 13.4. The van der Waals surface area contributed by atoms with Crippen molar-refractivity contribution in [2.24, 2.45) is 0 Å². The Morgan fingerprint density at radius 1 is 1.08 bits per heavy atom. The monoisotopic (exact) mass is 340 g/mol. The molecule has 24 heavy (non-hydrogen) atoms. The lowest BCUT2D eigenvalue weighted by Crippen LogP contribution is -2.17. The molecule has 0 radical (unpaired) electrons. The molecular weight excluding hydrogens is 328 g/mol. The van der Waals surface area contributed by atoms with Gasteiger partial charge in [-0.3, -0.25) is 0 Å². The van der Waals surface area contributed by atoms with Gasteiger partial charge in [-0.25, -0.2) is 18.2 Å².